The highest BCUT2D eigenvalue weighted by molar-refractivity contribution is 6.03. The Balaban J connectivity index is 0.000000924. The lowest BCUT2D eigenvalue weighted by molar-refractivity contribution is 0.0997. The Bertz CT molecular complexity index is 702. The summed E-state index contributed by atoms with van der Waals surface area (Å²) in [6.45, 7) is 5.67. The number of nitrogens with zero attached hydrogens (tertiary/aromatic N) is 2. The van der Waals surface area contributed by atoms with E-state index in [1.165, 1.54) is 7.11 Å². The maximum absolute atomic E-state index is 11.5. The molecule has 0 aliphatic carbocycles. The van der Waals surface area contributed by atoms with Crippen LogP contribution >= 0.6 is 0 Å². The molecule has 0 radical (unpaired) electrons. The third-order valence-corrected chi connectivity index (χ3v) is 3.85. The summed E-state index contributed by atoms with van der Waals surface area (Å²) in [5.41, 5.74) is 11.7. The highest BCUT2D eigenvalue weighted by Crippen LogP contribution is 2.32. The number of carbonyl (C=O) groups is 1. The number of nitrogens with two attached hydrogens (primary N) is 2. The molecule has 6 nitrogen and oxygen atoms in total. The molecule has 6 heteroatoms. The van der Waals surface area contributed by atoms with Crippen LogP contribution in [0.25, 0.3) is 10.8 Å². The van der Waals surface area contributed by atoms with E-state index in [2.05, 4.69) is 9.88 Å². The van der Waals surface area contributed by atoms with Crippen molar-refractivity contribution >= 4 is 22.5 Å². The van der Waals surface area contributed by atoms with Crippen molar-refractivity contribution in [2.24, 2.45) is 11.5 Å². The van der Waals surface area contributed by atoms with E-state index in [4.69, 9.17) is 16.2 Å². The van der Waals surface area contributed by atoms with Crippen molar-refractivity contribution in [1.29, 1.82) is 0 Å². The molecule has 2 aromatic rings. The van der Waals surface area contributed by atoms with Crippen LogP contribution in [-0.4, -0.2) is 37.1 Å². The lowest BCUT2D eigenvalue weighted by Gasteiger charge is -2.19. The minimum absolute atomic E-state index is 0.175. The van der Waals surface area contributed by atoms with Crippen LogP contribution in [0.5, 0.6) is 5.75 Å². The standard InChI is InChI=1S/C15H18N4O2.C2H6/c1-21-13-7-11-9(6-12(13)14(17)20)2-4-18-15(11)19-5-3-10(16)8-19;1-2/h2,4,6-7,10H,3,5,8,16H2,1H3,(H2,17,20);1-2H3. The van der Waals surface area contributed by atoms with Crippen molar-refractivity contribution in [3.05, 3.63) is 30.0 Å². The first-order chi connectivity index (χ1) is 11.1. The number of rotatable bonds is 3. The van der Waals surface area contributed by atoms with Crippen molar-refractivity contribution in [3.63, 3.8) is 0 Å². The first-order valence-corrected chi connectivity index (χ1v) is 7.87. The molecule has 4 N–H and O–H groups in total. The van der Waals surface area contributed by atoms with E-state index in [1.54, 1.807) is 12.3 Å². The van der Waals surface area contributed by atoms with Gasteiger partial charge < -0.3 is 21.1 Å². The Labute approximate surface area is 136 Å². The summed E-state index contributed by atoms with van der Waals surface area (Å²) < 4.78 is 5.28. The average molecular weight is 316 g/mol. The molecular formula is C17H24N4O2. The largest absolute Gasteiger partial charge is 0.496 e. The Kier molecular flexibility index (Phi) is 5.39. The molecule has 1 unspecified atom stereocenters. The molecule has 2 heterocycles. The van der Waals surface area contributed by atoms with Crippen LogP contribution in [0.15, 0.2) is 24.4 Å². The third-order valence-electron chi connectivity index (χ3n) is 3.85. The van der Waals surface area contributed by atoms with Crippen LogP contribution in [0.1, 0.15) is 30.6 Å². The number of amides is 1. The number of pyridine rings is 1. The first-order valence-electron chi connectivity index (χ1n) is 7.87. The lowest BCUT2D eigenvalue weighted by atomic mass is 10.1. The summed E-state index contributed by atoms with van der Waals surface area (Å²) in [6.07, 6.45) is 2.69. The molecule has 1 fully saturated rings. The van der Waals surface area contributed by atoms with Gasteiger partial charge in [0, 0.05) is 30.7 Å². The van der Waals surface area contributed by atoms with Crippen LogP contribution in [0.2, 0.25) is 0 Å². The molecule has 0 bridgehead atoms. The van der Waals surface area contributed by atoms with Crippen LogP contribution in [0.3, 0.4) is 0 Å². The van der Waals surface area contributed by atoms with Gasteiger partial charge in [-0.15, -0.1) is 0 Å². The van der Waals surface area contributed by atoms with Gasteiger partial charge in [0.1, 0.15) is 11.6 Å². The highest BCUT2D eigenvalue weighted by Gasteiger charge is 2.22. The van der Waals surface area contributed by atoms with E-state index < -0.39 is 5.91 Å². The van der Waals surface area contributed by atoms with Crippen LogP contribution < -0.4 is 21.1 Å². The second kappa shape index (κ2) is 7.28. The molecule has 124 valence electrons. The third kappa shape index (κ3) is 3.37. The number of hydrogen-bond donors (Lipinski definition) is 2. The maximum Gasteiger partial charge on any atom is 0.252 e. The van der Waals surface area contributed by atoms with Gasteiger partial charge >= 0.3 is 0 Å². The van der Waals surface area contributed by atoms with Crippen molar-refractivity contribution < 1.29 is 9.53 Å². The molecule has 1 saturated heterocycles. The predicted octanol–water partition coefficient (Wildman–Crippen LogP) is 1.91. The van der Waals surface area contributed by atoms with Gasteiger partial charge in [-0.05, 0) is 30.0 Å². The van der Waals surface area contributed by atoms with Crippen molar-refractivity contribution in [1.82, 2.24) is 4.98 Å². The quantitative estimate of drug-likeness (QED) is 0.902. The van der Waals surface area contributed by atoms with Gasteiger partial charge in [-0.1, -0.05) is 13.8 Å². The van der Waals surface area contributed by atoms with Crippen LogP contribution in [0, 0.1) is 0 Å². The lowest BCUT2D eigenvalue weighted by Crippen LogP contribution is -2.27. The fourth-order valence-electron chi connectivity index (χ4n) is 2.78. The second-order valence-corrected chi connectivity index (χ2v) is 5.27. The van der Waals surface area contributed by atoms with E-state index >= 15 is 0 Å². The molecule has 1 atom stereocenters. The smallest absolute Gasteiger partial charge is 0.252 e. The summed E-state index contributed by atoms with van der Waals surface area (Å²) in [7, 11) is 1.52. The first kappa shape index (κ1) is 17.0. The van der Waals surface area contributed by atoms with Gasteiger partial charge in [0.05, 0.1) is 12.7 Å². The monoisotopic (exact) mass is 316 g/mol. The number of anilines is 1. The fraction of sp³-hybridized carbons (Fsp3) is 0.412. The van der Waals surface area contributed by atoms with E-state index in [9.17, 15) is 4.79 Å². The van der Waals surface area contributed by atoms with Crippen molar-refractivity contribution in [2.45, 2.75) is 26.3 Å². The summed E-state index contributed by atoms with van der Waals surface area (Å²) in [5, 5.41) is 1.85. The number of carbonyl (C=O) groups excluding carboxylic acids is 1. The molecule has 1 aromatic heterocycles. The van der Waals surface area contributed by atoms with Gasteiger partial charge in [-0.25, -0.2) is 4.98 Å². The molecule has 23 heavy (non-hydrogen) atoms. The van der Waals surface area contributed by atoms with Crippen LogP contribution in [0.4, 0.5) is 5.82 Å². The normalized spacial score (nSPS) is 16.9. The van der Waals surface area contributed by atoms with Gasteiger partial charge in [0.25, 0.3) is 5.91 Å². The minimum Gasteiger partial charge on any atom is -0.496 e. The van der Waals surface area contributed by atoms with E-state index in [1.807, 2.05) is 26.0 Å². The number of fused-ring (bicyclic) bond motifs is 1. The maximum atomic E-state index is 11.5. The summed E-state index contributed by atoms with van der Waals surface area (Å²) in [6, 6.07) is 5.61. The Morgan fingerprint density at radius 3 is 2.70 bits per heavy atom. The topological polar surface area (TPSA) is 94.5 Å². The summed E-state index contributed by atoms with van der Waals surface area (Å²) in [5.74, 6) is 0.831. The molecule has 1 aliphatic rings. The van der Waals surface area contributed by atoms with Crippen molar-refractivity contribution in [3.8, 4) is 5.75 Å². The van der Waals surface area contributed by atoms with E-state index in [-0.39, 0.29) is 6.04 Å². The minimum atomic E-state index is -0.504. The number of aromatic nitrogens is 1. The molecule has 0 saturated carbocycles. The Morgan fingerprint density at radius 2 is 2.13 bits per heavy atom. The van der Waals surface area contributed by atoms with Crippen molar-refractivity contribution in [2.75, 3.05) is 25.1 Å². The molecule has 0 spiro atoms. The van der Waals surface area contributed by atoms with Crippen LogP contribution in [-0.2, 0) is 0 Å². The van der Waals surface area contributed by atoms with Gasteiger partial charge in [-0.2, -0.15) is 0 Å². The molecular weight excluding hydrogens is 292 g/mol. The molecule has 1 amide bonds. The van der Waals surface area contributed by atoms with Gasteiger partial charge in [0.2, 0.25) is 0 Å². The molecule has 3 rings (SSSR count). The van der Waals surface area contributed by atoms with Gasteiger partial charge in [-0.3, -0.25) is 4.79 Å². The summed E-state index contributed by atoms with van der Waals surface area (Å²) in [4.78, 5) is 18.1. The number of hydrogen-bond acceptors (Lipinski definition) is 5. The SMILES string of the molecule is CC.COc1cc2c(N3CCC(N)C3)nccc2cc1C(N)=O. The van der Waals surface area contributed by atoms with E-state index in [0.717, 1.165) is 36.1 Å². The second-order valence-electron chi connectivity index (χ2n) is 5.27. The molecule has 1 aromatic carbocycles. The highest BCUT2D eigenvalue weighted by atomic mass is 16.5. The summed E-state index contributed by atoms with van der Waals surface area (Å²) >= 11 is 0. The number of ether oxygens (including phenoxy) is 1. The van der Waals surface area contributed by atoms with Gasteiger partial charge in [0.15, 0.2) is 0 Å². The fourth-order valence-corrected chi connectivity index (χ4v) is 2.78. The van der Waals surface area contributed by atoms with E-state index in [0.29, 0.717) is 11.3 Å². The zero-order chi connectivity index (χ0) is 17.0. The predicted molar refractivity (Wildman–Crippen MR) is 93.0 cm³/mol. The molecule has 1 aliphatic heterocycles. The number of benzene rings is 1. The zero-order valence-corrected chi connectivity index (χ0v) is 13.9. The Hall–Kier alpha value is -2.34. The Morgan fingerprint density at radius 1 is 1.39 bits per heavy atom. The zero-order valence-electron chi connectivity index (χ0n) is 13.9. The number of methoxy groups -OCH3 is 1. The number of primary amides is 1. The average Bonchev–Trinajstić information content (AvgIpc) is 3.01.